The van der Waals surface area contributed by atoms with Gasteiger partial charge in [0, 0.05) is 25.6 Å². The predicted molar refractivity (Wildman–Crippen MR) is 80.6 cm³/mol. The molecule has 3 rings (SSSR count). The summed E-state index contributed by atoms with van der Waals surface area (Å²) >= 11 is 0. The summed E-state index contributed by atoms with van der Waals surface area (Å²) in [6.45, 7) is 5.64. The molecule has 0 aliphatic carbocycles. The number of rotatable bonds is 4. The summed E-state index contributed by atoms with van der Waals surface area (Å²) in [5.41, 5.74) is 1.63. The molecule has 0 spiro atoms. The fraction of sp³-hybridized carbons (Fsp3) is 0.600. The van der Waals surface area contributed by atoms with Gasteiger partial charge in [-0.1, -0.05) is 13.8 Å². The average molecular weight is 290 g/mol. The van der Waals surface area contributed by atoms with E-state index in [4.69, 9.17) is 4.74 Å². The Kier molecular flexibility index (Phi) is 3.82. The molecular weight excluding hydrogens is 268 g/mol. The van der Waals surface area contributed by atoms with Gasteiger partial charge in [-0.15, -0.1) is 0 Å². The second-order valence-electron chi connectivity index (χ2n) is 6.01. The van der Waals surface area contributed by atoms with Gasteiger partial charge < -0.3 is 15.2 Å². The van der Waals surface area contributed by atoms with Crippen LogP contribution in [0.3, 0.4) is 0 Å². The van der Waals surface area contributed by atoms with Crippen LogP contribution in [0.2, 0.25) is 0 Å². The first-order valence-electron chi connectivity index (χ1n) is 7.45. The standard InChI is InChI=1S/C15H22N4O2/c1-11(2)12-9-13-14(16-5-6-19(13)18-12)17-15(10-20)3-7-21-8-4-15/h5-6,9,11,20H,3-4,7-8,10H2,1-2H3,(H,16,17). The minimum Gasteiger partial charge on any atom is -0.394 e. The van der Waals surface area contributed by atoms with Gasteiger partial charge in [-0.2, -0.15) is 5.10 Å². The maximum atomic E-state index is 9.80. The van der Waals surface area contributed by atoms with E-state index in [1.165, 1.54) is 0 Å². The van der Waals surface area contributed by atoms with Crippen LogP contribution in [0.5, 0.6) is 0 Å². The molecule has 3 heterocycles. The third-order valence-electron chi connectivity index (χ3n) is 4.14. The van der Waals surface area contributed by atoms with Gasteiger partial charge in [-0.05, 0) is 24.8 Å². The molecule has 0 atom stereocenters. The maximum Gasteiger partial charge on any atom is 0.152 e. The molecule has 1 aliphatic heterocycles. The van der Waals surface area contributed by atoms with Crippen LogP contribution in [0.15, 0.2) is 18.5 Å². The molecule has 114 valence electrons. The van der Waals surface area contributed by atoms with Crippen molar-refractivity contribution in [3.63, 3.8) is 0 Å². The fourth-order valence-electron chi connectivity index (χ4n) is 2.66. The van der Waals surface area contributed by atoms with Gasteiger partial charge in [-0.25, -0.2) is 9.50 Å². The number of nitrogens with one attached hydrogen (secondary N) is 1. The normalized spacial score (nSPS) is 18.3. The molecule has 0 unspecified atom stereocenters. The minimum absolute atomic E-state index is 0.0737. The van der Waals surface area contributed by atoms with Crippen molar-refractivity contribution < 1.29 is 9.84 Å². The SMILES string of the molecule is CC(C)c1cc2c(NC3(CO)CCOCC3)nccn2n1. The van der Waals surface area contributed by atoms with Gasteiger partial charge in [0.05, 0.1) is 17.8 Å². The smallest absolute Gasteiger partial charge is 0.152 e. The van der Waals surface area contributed by atoms with Gasteiger partial charge >= 0.3 is 0 Å². The van der Waals surface area contributed by atoms with Crippen molar-refractivity contribution in [1.82, 2.24) is 14.6 Å². The van der Waals surface area contributed by atoms with E-state index in [0.717, 1.165) is 29.9 Å². The number of ether oxygens (including phenoxy) is 1. The van der Waals surface area contributed by atoms with Crippen molar-refractivity contribution in [1.29, 1.82) is 0 Å². The molecule has 1 aliphatic rings. The van der Waals surface area contributed by atoms with Crippen molar-refractivity contribution in [3.05, 3.63) is 24.2 Å². The number of anilines is 1. The Morgan fingerprint density at radius 2 is 2.19 bits per heavy atom. The van der Waals surface area contributed by atoms with E-state index in [0.29, 0.717) is 19.1 Å². The molecule has 6 heteroatoms. The van der Waals surface area contributed by atoms with Crippen LogP contribution in [0, 0.1) is 0 Å². The lowest BCUT2D eigenvalue weighted by atomic mass is 9.91. The summed E-state index contributed by atoms with van der Waals surface area (Å²) in [5, 5.41) is 17.8. The Morgan fingerprint density at radius 1 is 1.43 bits per heavy atom. The first kappa shape index (κ1) is 14.3. The number of nitrogens with zero attached hydrogens (tertiary/aromatic N) is 3. The van der Waals surface area contributed by atoms with E-state index in [1.54, 1.807) is 6.20 Å². The summed E-state index contributed by atoms with van der Waals surface area (Å²) in [5.74, 6) is 1.14. The molecular formula is C15H22N4O2. The lowest BCUT2D eigenvalue weighted by molar-refractivity contribution is 0.0379. The van der Waals surface area contributed by atoms with E-state index >= 15 is 0 Å². The number of aliphatic hydroxyl groups excluding tert-OH is 1. The number of hydrogen-bond donors (Lipinski definition) is 2. The Hall–Kier alpha value is -1.66. The Labute approximate surface area is 124 Å². The molecule has 1 fully saturated rings. The van der Waals surface area contributed by atoms with Gasteiger partial charge in [0.15, 0.2) is 5.82 Å². The van der Waals surface area contributed by atoms with E-state index < -0.39 is 0 Å². The number of hydrogen-bond acceptors (Lipinski definition) is 5. The maximum absolute atomic E-state index is 9.80. The minimum atomic E-state index is -0.352. The largest absolute Gasteiger partial charge is 0.394 e. The van der Waals surface area contributed by atoms with Crippen LogP contribution in [-0.4, -0.2) is 45.1 Å². The highest BCUT2D eigenvalue weighted by molar-refractivity contribution is 5.68. The van der Waals surface area contributed by atoms with Gasteiger partial charge in [-0.3, -0.25) is 0 Å². The van der Waals surface area contributed by atoms with Crippen molar-refractivity contribution in [2.45, 2.75) is 38.1 Å². The highest BCUT2D eigenvalue weighted by Gasteiger charge is 2.32. The van der Waals surface area contributed by atoms with Crippen LogP contribution < -0.4 is 5.32 Å². The van der Waals surface area contributed by atoms with E-state index in [-0.39, 0.29) is 12.1 Å². The zero-order chi connectivity index (χ0) is 14.9. The quantitative estimate of drug-likeness (QED) is 0.898. The summed E-state index contributed by atoms with van der Waals surface area (Å²) in [7, 11) is 0. The van der Waals surface area contributed by atoms with Crippen molar-refractivity contribution in [2.75, 3.05) is 25.1 Å². The highest BCUT2D eigenvalue weighted by Crippen LogP contribution is 2.27. The first-order valence-corrected chi connectivity index (χ1v) is 7.45. The van der Waals surface area contributed by atoms with Crippen molar-refractivity contribution in [3.8, 4) is 0 Å². The van der Waals surface area contributed by atoms with E-state index in [9.17, 15) is 5.11 Å². The lowest BCUT2D eigenvalue weighted by Gasteiger charge is -2.36. The van der Waals surface area contributed by atoms with Gasteiger partial charge in [0.2, 0.25) is 0 Å². The molecule has 0 radical (unpaired) electrons. The van der Waals surface area contributed by atoms with Crippen LogP contribution in [0.25, 0.3) is 5.52 Å². The molecule has 2 aromatic rings. The van der Waals surface area contributed by atoms with Crippen LogP contribution in [0.1, 0.15) is 38.3 Å². The van der Waals surface area contributed by atoms with Crippen molar-refractivity contribution in [2.24, 2.45) is 0 Å². The molecule has 2 N–H and O–H groups in total. The summed E-state index contributed by atoms with van der Waals surface area (Å²) in [6.07, 6.45) is 5.13. The molecule has 1 saturated heterocycles. The highest BCUT2D eigenvalue weighted by atomic mass is 16.5. The summed E-state index contributed by atoms with van der Waals surface area (Å²) in [4.78, 5) is 4.44. The van der Waals surface area contributed by atoms with Gasteiger partial charge in [0.1, 0.15) is 5.52 Å². The van der Waals surface area contributed by atoms with Crippen LogP contribution >= 0.6 is 0 Å². The molecule has 21 heavy (non-hydrogen) atoms. The average Bonchev–Trinajstić information content (AvgIpc) is 2.94. The predicted octanol–water partition coefficient (Wildman–Crippen LogP) is 1.81. The molecule has 0 amide bonds. The lowest BCUT2D eigenvalue weighted by Crippen LogP contribution is -2.47. The zero-order valence-corrected chi connectivity index (χ0v) is 12.5. The molecule has 0 aromatic carbocycles. The molecule has 0 bridgehead atoms. The monoisotopic (exact) mass is 290 g/mol. The fourth-order valence-corrected chi connectivity index (χ4v) is 2.66. The molecule has 0 saturated carbocycles. The number of aliphatic hydroxyl groups is 1. The summed E-state index contributed by atoms with van der Waals surface area (Å²) in [6, 6.07) is 2.06. The number of aromatic nitrogens is 3. The zero-order valence-electron chi connectivity index (χ0n) is 12.5. The van der Waals surface area contributed by atoms with E-state index in [2.05, 4.69) is 35.3 Å². The molecule has 6 nitrogen and oxygen atoms in total. The second kappa shape index (κ2) is 5.61. The Morgan fingerprint density at radius 3 is 2.86 bits per heavy atom. The van der Waals surface area contributed by atoms with Gasteiger partial charge in [0.25, 0.3) is 0 Å². The topological polar surface area (TPSA) is 71.7 Å². The Balaban J connectivity index is 1.96. The molecule has 2 aromatic heterocycles. The van der Waals surface area contributed by atoms with Crippen LogP contribution in [-0.2, 0) is 4.74 Å². The third-order valence-corrected chi connectivity index (χ3v) is 4.14. The number of fused-ring (bicyclic) bond motifs is 1. The van der Waals surface area contributed by atoms with E-state index in [1.807, 2.05) is 10.7 Å². The third kappa shape index (κ3) is 2.73. The first-order chi connectivity index (χ1) is 10.1. The van der Waals surface area contributed by atoms with Crippen LogP contribution in [0.4, 0.5) is 5.82 Å². The second-order valence-corrected chi connectivity index (χ2v) is 6.01. The van der Waals surface area contributed by atoms with Crippen molar-refractivity contribution >= 4 is 11.3 Å². The summed E-state index contributed by atoms with van der Waals surface area (Å²) < 4.78 is 7.24. The Bertz CT molecular complexity index is 617.